The zero-order chi connectivity index (χ0) is 24.1. The van der Waals surface area contributed by atoms with Crippen LogP contribution in [0.25, 0.3) is 22.5 Å². The minimum absolute atomic E-state index is 0.00579. The van der Waals surface area contributed by atoms with E-state index in [-0.39, 0.29) is 11.4 Å². The Bertz CT molecular complexity index is 1240. The van der Waals surface area contributed by atoms with Crippen LogP contribution in [0.4, 0.5) is 18.9 Å². The van der Waals surface area contributed by atoms with Crippen molar-refractivity contribution >= 4 is 35.0 Å². The quantitative estimate of drug-likeness (QED) is 0.225. The number of carbonyl (C=O) groups excluding carboxylic acids is 1. The Morgan fingerprint density at radius 1 is 0.853 bits per heavy atom. The minimum atomic E-state index is -4.62. The lowest BCUT2D eigenvalue weighted by Gasteiger charge is -2.12. The molecule has 4 nitrogen and oxygen atoms in total. The number of halogens is 4. The van der Waals surface area contributed by atoms with Gasteiger partial charge in [-0.25, -0.2) is 9.97 Å². The highest BCUT2D eigenvalue weighted by Gasteiger charge is 2.33. The lowest BCUT2D eigenvalue weighted by atomic mass is 10.1. The molecule has 1 heterocycles. The molecule has 0 saturated heterocycles. The van der Waals surface area contributed by atoms with E-state index >= 15 is 0 Å². The number of hydrogen-bond donors (Lipinski definition) is 1. The average Bonchev–Trinajstić information content (AvgIpc) is 2.84. The molecule has 172 valence electrons. The van der Waals surface area contributed by atoms with Crippen LogP contribution >= 0.6 is 23.4 Å². The number of alkyl halides is 3. The molecule has 0 aliphatic heterocycles. The van der Waals surface area contributed by atoms with Gasteiger partial charge in [0, 0.05) is 16.8 Å². The summed E-state index contributed by atoms with van der Waals surface area (Å²) in [7, 11) is 0. The van der Waals surface area contributed by atoms with E-state index in [1.54, 1.807) is 0 Å². The smallest absolute Gasteiger partial charge is 0.325 e. The van der Waals surface area contributed by atoms with Crippen molar-refractivity contribution in [3.63, 3.8) is 0 Å². The molecule has 1 N–H and O–H groups in total. The topological polar surface area (TPSA) is 54.9 Å². The van der Waals surface area contributed by atoms with Crippen LogP contribution in [0.15, 0.2) is 90.1 Å². The van der Waals surface area contributed by atoms with Gasteiger partial charge in [0.1, 0.15) is 0 Å². The second-order valence-electron chi connectivity index (χ2n) is 7.18. The molecule has 0 bridgehead atoms. The highest BCUT2D eigenvalue weighted by atomic mass is 35.5. The standard InChI is InChI=1S/C25H17ClF3N3OS/c26-20-12-11-18(13-19(20)25(27,28)29)30-23(33)15-34-24-31-21(16-7-3-1-4-8-16)14-22(32-24)17-9-5-2-6-10-17/h1-14H,15H2,(H,30,33). The normalized spacial score (nSPS) is 11.3. The molecule has 0 aliphatic carbocycles. The lowest BCUT2D eigenvalue weighted by molar-refractivity contribution is -0.137. The fourth-order valence-corrected chi connectivity index (χ4v) is 4.03. The Morgan fingerprint density at radius 3 is 1.94 bits per heavy atom. The van der Waals surface area contributed by atoms with Crippen molar-refractivity contribution in [2.45, 2.75) is 11.3 Å². The largest absolute Gasteiger partial charge is 0.417 e. The summed E-state index contributed by atoms with van der Waals surface area (Å²) in [6.07, 6.45) is -4.62. The molecular formula is C25H17ClF3N3OS. The van der Waals surface area contributed by atoms with Gasteiger partial charge in [-0.3, -0.25) is 4.79 Å². The summed E-state index contributed by atoms with van der Waals surface area (Å²) in [5.41, 5.74) is 2.19. The third kappa shape index (κ3) is 5.95. The summed E-state index contributed by atoms with van der Waals surface area (Å²) in [5, 5.41) is 2.42. The Kier molecular flexibility index (Phi) is 7.19. The van der Waals surface area contributed by atoms with E-state index in [4.69, 9.17) is 11.6 Å². The van der Waals surface area contributed by atoms with Crippen molar-refractivity contribution in [3.05, 3.63) is 95.5 Å². The minimum Gasteiger partial charge on any atom is -0.325 e. The van der Waals surface area contributed by atoms with Crippen LogP contribution < -0.4 is 5.32 Å². The van der Waals surface area contributed by atoms with Crippen molar-refractivity contribution in [1.29, 1.82) is 0 Å². The SMILES string of the molecule is O=C(CSc1nc(-c2ccccc2)cc(-c2ccccc2)n1)Nc1ccc(Cl)c(C(F)(F)F)c1. The fraction of sp³-hybridized carbons (Fsp3) is 0.0800. The van der Waals surface area contributed by atoms with Crippen LogP contribution in [-0.2, 0) is 11.0 Å². The van der Waals surface area contributed by atoms with Gasteiger partial charge >= 0.3 is 6.18 Å². The Hall–Kier alpha value is -3.36. The van der Waals surface area contributed by atoms with Gasteiger partial charge in [-0.2, -0.15) is 13.2 Å². The lowest BCUT2D eigenvalue weighted by Crippen LogP contribution is -2.15. The summed E-state index contributed by atoms with van der Waals surface area (Å²) in [4.78, 5) is 21.6. The zero-order valence-electron chi connectivity index (χ0n) is 17.5. The van der Waals surface area contributed by atoms with E-state index in [2.05, 4.69) is 15.3 Å². The number of thioether (sulfide) groups is 1. The van der Waals surface area contributed by atoms with Gasteiger partial charge < -0.3 is 5.32 Å². The summed E-state index contributed by atoms with van der Waals surface area (Å²) in [6.45, 7) is 0. The third-order valence-corrected chi connectivity index (χ3v) is 5.91. The summed E-state index contributed by atoms with van der Waals surface area (Å²) in [6, 6.07) is 24.2. The van der Waals surface area contributed by atoms with Gasteiger partial charge in [0.2, 0.25) is 5.91 Å². The molecule has 4 aromatic rings. The maximum absolute atomic E-state index is 13.1. The average molecular weight is 500 g/mol. The van der Waals surface area contributed by atoms with Crippen molar-refractivity contribution in [1.82, 2.24) is 9.97 Å². The number of aromatic nitrogens is 2. The zero-order valence-corrected chi connectivity index (χ0v) is 19.1. The van der Waals surface area contributed by atoms with Crippen molar-refractivity contribution in [2.24, 2.45) is 0 Å². The molecule has 0 radical (unpaired) electrons. The number of anilines is 1. The molecule has 4 rings (SSSR count). The first-order valence-electron chi connectivity index (χ1n) is 10.1. The Labute approximate surface area is 203 Å². The van der Waals surface area contributed by atoms with Crippen LogP contribution in [0.1, 0.15) is 5.56 Å². The molecule has 9 heteroatoms. The summed E-state index contributed by atoms with van der Waals surface area (Å²) >= 11 is 6.73. The molecule has 3 aromatic carbocycles. The molecule has 0 fully saturated rings. The van der Waals surface area contributed by atoms with E-state index in [1.807, 2.05) is 66.7 Å². The Morgan fingerprint density at radius 2 is 1.41 bits per heavy atom. The number of hydrogen-bond acceptors (Lipinski definition) is 4. The van der Waals surface area contributed by atoms with Crippen molar-refractivity contribution < 1.29 is 18.0 Å². The number of rotatable bonds is 6. The number of carbonyl (C=O) groups is 1. The highest BCUT2D eigenvalue weighted by Crippen LogP contribution is 2.36. The summed E-state index contributed by atoms with van der Waals surface area (Å²) in [5.74, 6) is -0.577. The summed E-state index contributed by atoms with van der Waals surface area (Å²) < 4.78 is 39.2. The molecule has 1 aromatic heterocycles. The van der Waals surface area contributed by atoms with Gasteiger partial charge in [0.05, 0.1) is 27.7 Å². The highest BCUT2D eigenvalue weighted by molar-refractivity contribution is 7.99. The second kappa shape index (κ2) is 10.3. The van der Waals surface area contributed by atoms with Crippen LogP contribution in [0.3, 0.4) is 0 Å². The van der Waals surface area contributed by atoms with Crippen LogP contribution in [0, 0.1) is 0 Å². The predicted octanol–water partition coefficient (Wildman–Crippen LogP) is 7.21. The van der Waals surface area contributed by atoms with Gasteiger partial charge in [-0.05, 0) is 24.3 Å². The van der Waals surface area contributed by atoms with E-state index in [1.165, 1.54) is 6.07 Å². The number of amides is 1. The fourth-order valence-electron chi connectivity index (χ4n) is 3.15. The molecule has 1 amide bonds. The monoisotopic (exact) mass is 499 g/mol. The maximum Gasteiger partial charge on any atom is 0.417 e. The van der Waals surface area contributed by atoms with Gasteiger partial charge in [-0.1, -0.05) is 84.0 Å². The molecule has 0 unspecified atom stereocenters. The van der Waals surface area contributed by atoms with Gasteiger partial charge in [0.25, 0.3) is 0 Å². The first kappa shape index (κ1) is 23.8. The molecule has 0 spiro atoms. The van der Waals surface area contributed by atoms with Crippen LogP contribution in [0.5, 0.6) is 0 Å². The van der Waals surface area contributed by atoms with E-state index in [0.29, 0.717) is 16.5 Å². The molecule has 0 atom stereocenters. The van der Waals surface area contributed by atoms with Crippen LogP contribution in [-0.4, -0.2) is 21.6 Å². The predicted molar refractivity (Wildman–Crippen MR) is 129 cm³/mol. The van der Waals surface area contributed by atoms with E-state index < -0.39 is 22.7 Å². The number of benzene rings is 3. The van der Waals surface area contributed by atoms with E-state index in [9.17, 15) is 18.0 Å². The first-order valence-corrected chi connectivity index (χ1v) is 11.5. The van der Waals surface area contributed by atoms with Crippen molar-refractivity contribution in [3.8, 4) is 22.5 Å². The molecule has 0 aliphatic rings. The molecular weight excluding hydrogens is 483 g/mol. The third-order valence-electron chi connectivity index (χ3n) is 4.73. The maximum atomic E-state index is 13.1. The Balaban J connectivity index is 1.54. The van der Waals surface area contributed by atoms with Gasteiger partial charge in [-0.15, -0.1) is 0 Å². The molecule has 0 saturated carbocycles. The first-order chi connectivity index (χ1) is 16.3. The number of nitrogens with zero attached hydrogens (tertiary/aromatic N) is 2. The van der Waals surface area contributed by atoms with Gasteiger partial charge in [0.15, 0.2) is 5.16 Å². The number of nitrogens with one attached hydrogen (secondary N) is 1. The van der Waals surface area contributed by atoms with Crippen LogP contribution in [0.2, 0.25) is 5.02 Å². The second-order valence-corrected chi connectivity index (χ2v) is 8.53. The molecule has 34 heavy (non-hydrogen) atoms. The van der Waals surface area contributed by atoms with Crippen molar-refractivity contribution in [2.75, 3.05) is 11.1 Å². The van der Waals surface area contributed by atoms with E-state index in [0.717, 1.165) is 35.0 Å².